The van der Waals surface area contributed by atoms with Crippen LogP contribution < -0.4 is 5.32 Å². The van der Waals surface area contributed by atoms with Crippen molar-refractivity contribution in [1.82, 2.24) is 14.9 Å². The first-order chi connectivity index (χ1) is 5.77. The molecule has 0 fully saturated rings. The van der Waals surface area contributed by atoms with E-state index in [4.69, 9.17) is 0 Å². The second-order valence-corrected chi connectivity index (χ2v) is 2.24. The average molecular weight is 167 g/mol. The maximum absolute atomic E-state index is 10.9. The molecule has 0 radical (unpaired) electrons. The zero-order chi connectivity index (χ0) is 8.97. The van der Waals surface area contributed by atoms with Crippen LogP contribution in [0, 0.1) is 0 Å². The Balaban J connectivity index is 2.74. The van der Waals surface area contributed by atoms with Gasteiger partial charge in [0, 0.05) is 7.05 Å². The number of hydrogen-bond donors (Lipinski definition) is 1. The van der Waals surface area contributed by atoms with E-state index in [1.54, 1.807) is 7.05 Å². The minimum absolute atomic E-state index is 0.130. The second-order valence-electron chi connectivity index (χ2n) is 2.24. The van der Waals surface area contributed by atoms with Gasteiger partial charge in [-0.1, -0.05) is 0 Å². The van der Waals surface area contributed by atoms with Crippen molar-refractivity contribution in [2.24, 2.45) is 0 Å². The normalized spacial score (nSPS) is 9.42. The predicted molar refractivity (Wildman–Crippen MR) is 41.7 cm³/mol. The number of hydrogen-bond acceptors (Lipinski definition) is 3. The van der Waals surface area contributed by atoms with Crippen molar-refractivity contribution >= 4 is 12.2 Å². The highest BCUT2D eigenvalue weighted by Gasteiger charge is 2.03. The van der Waals surface area contributed by atoms with Crippen LogP contribution in [0.1, 0.15) is 10.5 Å². The van der Waals surface area contributed by atoms with Crippen LogP contribution >= 0.6 is 0 Å². The summed E-state index contributed by atoms with van der Waals surface area (Å²) < 4.78 is 1.48. The number of nitrogens with zero attached hydrogens (tertiary/aromatic N) is 2. The molecule has 0 unspecified atom stereocenters. The number of carbonyl (C=O) groups excluding carboxylic acids is 2. The highest BCUT2D eigenvalue weighted by Crippen LogP contribution is 1.94. The number of imidazole rings is 1. The van der Waals surface area contributed by atoms with Gasteiger partial charge in [0.05, 0.1) is 12.5 Å². The molecule has 5 nitrogen and oxygen atoms in total. The van der Waals surface area contributed by atoms with Crippen molar-refractivity contribution in [2.45, 2.75) is 6.54 Å². The van der Waals surface area contributed by atoms with Crippen molar-refractivity contribution in [1.29, 1.82) is 0 Å². The summed E-state index contributed by atoms with van der Waals surface area (Å²) in [4.78, 5) is 25.0. The number of nitrogens with one attached hydrogen (secondary N) is 1. The summed E-state index contributed by atoms with van der Waals surface area (Å²) in [6, 6.07) is 0. The first kappa shape index (κ1) is 8.45. The van der Waals surface area contributed by atoms with Gasteiger partial charge in [0.15, 0.2) is 6.29 Å². The Labute approximate surface area is 69.4 Å². The van der Waals surface area contributed by atoms with Crippen LogP contribution in [-0.2, 0) is 11.3 Å². The van der Waals surface area contributed by atoms with E-state index in [1.165, 1.54) is 17.1 Å². The first-order valence-electron chi connectivity index (χ1n) is 3.44. The first-order valence-corrected chi connectivity index (χ1v) is 3.44. The molecule has 1 amide bonds. The molecule has 0 bridgehead atoms. The van der Waals surface area contributed by atoms with E-state index in [-0.39, 0.29) is 12.5 Å². The third-order valence-electron chi connectivity index (χ3n) is 1.46. The Bertz CT molecular complexity index is 293. The third-order valence-corrected chi connectivity index (χ3v) is 1.46. The lowest BCUT2D eigenvalue weighted by Crippen LogP contribution is -2.23. The van der Waals surface area contributed by atoms with Crippen molar-refractivity contribution in [2.75, 3.05) is 7.05 Å². The summed E-state index contributed by atoms with van der Waals surface area (Å²) in [5.41, 5.74) is 0.401. The summed E-state index contributed by atoms with van der Waals surface area (Å²) >= 11 is 0. The molecule has 0 aliphatic heterocycles. The van der Waals surface area contributed by atoms with E-state index in [1.807, 2.05) is 0 Å². The van der Waals surface area contributed by atoms with E-state index >= 15 is 0 Å². The van der Waals surface area contributed by atoms with Crippen molar-refractivity contribution in [3.63, 3.8) is 0 Å². The minimum Gasteiger partial charge on any atom is -0.358 e. The van der Waals surface area contributed by atoms with Gasteiger partial charge in [-0.25, -0.2) is 4.98 Å². The van der Waals surface area contributed by atoms with Gasteiger partial charge < -0.3 is 9.88 Å². The number of aromatic nitrogens is 2. The summed E-state index contributed by atoms with van der Waals surface area (Å²) in [5, 5.41) is 2.45. The lowest BCUT2D eigenvalue weighted by atomic mass is 10.5. The van der Waals surface area contributed by atoms with Gasteiger partial charge in [-0.2, -0.15) is 0 Å². The molecule has 1 rings (SSSR count). The fourth-order valence-electron chi connectivity index (χ4n) is 0.795. The fraction of sp³-hybridized carbons (Fsp3) is 0.286. The molecule has 0 saturated carbocycles. The van der Waals surface area contributed by atoms with Crippen molar-refractivity contribution < 1.29 is 9.59 Å². The number of amides is 1. The molecule has 0 spiro atoms. The molecule has 1 N–H and O–H groups in total. The van der Waals surface area contributed by atoms with Crippen LogP contribution in [0.3, 0.4) is 0 Å². The highest BCUT2D eigenvalue weighted by molar-refractivity contribution is 5.77. The molecular formula is C7H9N3O2. The molecule has 0 aromatic carbocycles. The van der Waals surface area contributed by atoms with E-state index in [2.05, 4.69) is 10.3 Å². The topological polar surface area (TPSA) is 64.0 Å². The summed E-state index contributed by atoms with van der Waals surface area (Å²) in [6.07, 6.45) is 3.52. The van der Waals surface area contributed by atoms with Crippen LogP contribution in [0.15, 0.2) is 12.5 Å². The third kappa shape index (κ3) is 1.69. The van der Waals surface area contributed by atoms with Crippen molar-refractivity contribution in [3.05, 3.63) is 18.2 Å². The lowest BCUT2D eigenvalue weighted by Gasteiger charge is -2.01. The van der Waals surface area contributed by atoms with Crippen LogP contribution in [0.2, 0.25) is 0 Å². The second kappa shape index (κ2) is 3.66. The van der Waals surface area contributed by atoms with Gasteiger partial charge in [-0.3, -0.25) is 9.59 Å². The summed E-state index contributed by atoms with van der Waals surface area (Å²) in [5.74, 6) is -0.156. The van der Waals surface area contributed by atoms with Crippen LogP contribution in [0.5, 0.6) is 0 Å². The van der Waals surface area contributed by atoms with Gasteiger partial charge in [0.2, 0.25) is 5.91 Å². The number of rotatable bonds is 3. The molecule has 1 heterocycles. The molecule has 1 aromatic heterocycles. The van der Waals surface area contributed by atoms with Crippen molar-refractivity contribution in [3.8, 4) is 0 Å². The molecule has 0 atom stereocenters. The fourth-order valence-corrected chi connectivity index (χ4v) is 0.795. The molecule has 0 aliphatic rings. The Morgan fingerprint density at radius 3 is 3.17 bits per heavy atom. The van der Waals surface area contributed by atoms with Gasteiger partial charge in [-0.05, 0) is 0 Å². The standard InChI is InChI=1S/C7H9N3O2/c1-8-7(12)3-10-5-9-2-6(10)4-11/h2,4-5H,3H2,1H3,(H,8,12). The number of likely N-dealkylation sites (N-methyl/N-ethyl adjacent to an activating group) is 1. The monoisotopic (exact) mass is 167 g/mol. The van der Waals surface area contributed by atoms with E-state index in [9.17, 15) is 9.59 Å². The van der Waals surface area contributed by atoms with Crippen LogP contribution in [0.25, 0.3) is 0 Å². The zero-order valence-electron chi connectivity index (χ0n) is 6.65. The summed E-state index contributed by atoms with van der Waals surface area (Å²) in [7, 11) is 1.54. The number of carbonyl (C=O) groups is 2. The smallest absolute Gasteiger partial charge is 0.239 e. The molecular weight excluding hydrogens is 158 g/mol. The molecule has 0 saturated heterocycles. The largest absolute Gasteiger partial charge is 0.358 e. The average Bonchev–Trinajstić information content (AvgIpc) is 2.51. The molecule has 12 heavy (non-hydrogen) atoms. The van der Waals surface area contributed by atoms with Crippen LogP contribution in [0.4, 0.5) is 0 Å². The summed E-state index contributed by atoms with van der Waals surface area (Å²) in [6.45, 7) is 0.130. The molecule has 1 aromatic rings. The van der Waals surface area contributed by atoms with Crippen LogP contribution in [-0.4, -0.2) is 28.8 Å². The maximum Gasteiger partial charge on any atom is 0.239 e. The SMILES string of the molecule is CNC(=O)Cn1cncc1C=O. The predicted octanol–water partition coefficient (Wildman–Crippen LogP) is -0.558. The maximum atomic E-state index is 10.9. The molecule has 0 aliphatic carbocycles. The van der Waals surface area contributed by atoms with Gasteiger partial charge in [0.25, 0.3) is 0 Å². The van der Waals surface area contributed by atoms with Gasteiger partial charge in [-0.15, -0.1) is 0 Å². The Morgan fingerprint density at radius 2 is 2.58 bits per heavy atom. The molecule has 5 heteroatoms. The quantitative estimate of drug-likeness (QED) is 0.614. The Hall–Kier alpha value is -1.65. The zero-order valence-corrected chi connectivity index (χ0v) is 6.65. The van der Waals surface area contributed by atoms with Gasteiger partial charge >= 0.3 is 0 Å². The Morgan fingerprint density at radius 1 is 1.83 bits per heavy atom. The highest BCUT2D eigenvalue weighted by atomic mass is 16.2. The van der Waals surface area contributed by atoms with Gasteiger partial charge in [0.1, 0.15) is 12.2 Å². The Kier molecular flexibility index (Phi) is 2.57. The van der Waals surface area contributed by atoms with E-state index in [0.717, 1.165) is 0 Å². The van der Waals surface area contributed by atoms with E-state index < -0.39 is 0 Å². The molecule has 64 valence electrons. The number of aldehydes is 1. The minimum atomic E-state index is -0.156. The lowest BCUT2D eigenvalue weighted by molar-refractivity contribution is -0.121. The van der Waals surface area contributed by atoms with E-state index in [0.29, 0.717) is 12.0 Å².